The molecular weight excluding hydrogens is 348 g/mol. The van der Waals surface area contributed by atoms with Crippen molar-refractivity contribution in [3.8, 4) is 5.88 Å². The molecule has 134 valence electrons. The number of hydrogen-bond donors (Lipinski definition) is 0. The Kier molecular flexibility index (Phi) is 4.38. The molecule has 2 aromatic carbocycles. The van der Waals surface area contributed by atoms with Crippen LogP contribution in [0.4, 0.5) is 0 Å². The first-order valence-electron chi connectivity index (χ1n) is 8.55. The highest BCUT2D eigenvalue weighted by atomic mass is 32.2. The van der Waals surface area contributed by atoms with Crippen LogP contribution < -0.4 is 4.74 Å². The number of hydrogen-bond acceptors (Lipinski definition) is 4. The fourth-order valence-corrected chi connectivity index (χ4v) is 4.66. The van der Waals surface area contributed by atoms with Gasteiger partial charge in [-0.2, -0.15) is 4.31 Å². The van der Waals surface area contributed by atoms with Gasteiger partial charge in [0, 0.05) is 11.5 Å². The standard InChI is InChI=1S/C20H20N2O3S/c1-15-5-4-6-16(11-15)14-26(23,24)22-12-18(13-22)25-20-10-9-17-7-2-3-8-19(17)21-20/h2-11,18H,12-14H2,1H3. The highest BCUT2D eigenvalue weighted by Gasteiger charge is 2.37. The minimum atomic E-state index is -3.32. The van der Waals surface area contributed by atoms with E-state index in [-0.39, 0.29) is 11.9 Å². The third-order valence-electron chi connectivity index (χ3n) is 4.50. The lowest BCUT2D eigenvalue weighted by Crippen LogP contribution is -2.56. The van der Waals surface area contributed by atoms with Gasteiger partial charge in [-0.05, 0) is 24.6 Å². The van der Waals surface area contributed by atoms with Gasteiger partial charge in [0.1, 0.15) is 6.10 Å². The summed E-state index contributed by atoms with van der Waals surface area (Å²) in [5.41, 5.74) is 2.74. The van der Waals surface area contributed by atoms with E-state index in [1.807, 2.05) is 67.6 Å². The Bertz CT molecular complexity index is 1040. The van der Waals surface area contributed by atoms with E-state index in [4.69, 9.17) is 4.74 Å². The fourth-order valence-electron chi connectivity index (χ4n) is 3.09. The van der Waals surface area contributed by atoms with Crippen molar-refractivity contribution in [2.24, 2.45) is 0 Å². The van der Waals surface area contributed by atoms with Crippen LogP contribution in [0.2, 0.25) is 0 Å². The molecule has 3 aromatic rings. The number of nitrogens with zero attached hydrogens (tertiary/aromatic N) is 2. The molecular formula is C20H20N2O3S. The van der Waals surface area contributed by atoms with Gasteiger partial charge < -0.3 is 4.74 Å². The summed E-state index contributed by atoms with van der Waals surface area (Å²) in [6.45, 7) is 2.69. The topological polar surface area (TPSA) is 59.5 Å². The Balaban J connectivity index is 1.38. The summed E-state index contributed by atoms with van der Waals surface area (Å²) < 4.78 is 32.4. The van der Waals surface area contributed by atoms with Gasteiger partial charge in [-0.1, -0.05) is 48.0 Å². The Morgan fingerprint density at radius 1 is 1.08 bits per heavy atom. The Morgan fingerprint density at radius 2 is 1.88 bits per heavy atom. The Morgan fingerprint density at radius 3 is 2.69 bits per heavy atom. The summed E-state index contributed by atoms with van der Waals surface area (Å²) >= 11 is 0. The van der Waals surface area contributed by atoms with Gasteiger partial charge in [0.2, 0.25) is 15.9 Å². The third-order valence-corrected chi connectivity index (χ3v) is 6.28. The van der Waals surface area contributed by atoms with Crippen LogP contribution in [0.3, 0.4) is 0 Å². The Labute approximate surface area is 153 Å². The van der Waals surface area contributed by atoms with E-state index in [0.717, 1.165) is 22.0 Å². The van der Waals surface area contributed by atoms with Crippen molar-refractivity contribution in [3.05, 3.63) is 71.8 Å². The number of pyridine rings is 1. The van der Waals surface area contributed by atoms with Crippen molar-refractivity contribution >= 4 is 20.9 Å². The summed E-state index contributed by atoms with van der Waals surface area (Å²) in [6, 6.07) is 19.2. The van der Waals surface area contributed by atoms with Gasteiger partial charge in [-0.3, -0.25) is 0 Å². The number of aryl methyl sites for hydroxylation is 1. The van der Waals surface area contributed by atoms with E-state index in [1.54, 1.807) is 0 Å². The quantitative estimate of drug-likeness (QED) is 0.694. The molecule has 1 fully saturated rings. The minimum absolute atomic E-state index is 0.0234. The van der Waals surface area contributed by atoms with Gasteiger partial charge in [-0.25, -0.2) is 13.4 Å². The van der Waals surface area contributed by atoms with Crippen LogP contribution in [0.1, 0.15) is 11.1 Å². The van der Waals surface area contributed by atoms with Crippen LogP contribution in [0.5, 0.6) is 5.88 Å². The normalized spacial score (nSPS) is 15.7. The molecule has 0 aliphatic carbocycles. The van der Waals surface area contributed by atoms with E-state index in [2.05, 4.69) is 4.98 Å². The SMILES string of the molecule is Cc1cccc(CS(=O)(=O)N2CC(Oc3ccc4ccccc4n3)C2)c1. The maximum atomic E-state index is 12.5. The molecule has 0 unspecified atom stereocenters. The van der Waals surface area contributed by atoms with Gasteiger partial charge in [0.15, 0.2) is 0 Å². The first-order valence-corrected chi connectivity index (χ1v) is 10.2. The third kappa shape index (κ3) is 3.57. The predicted molar refractivity (Wildman–Crippen MR) is 102 cm³/mol. The second-order valence-electron chi connectivity index (χ2n) is 6.64. The zero-order valence-corrected chi connectivity index (χ0v) is 15.3. The summed E-state index contributed by atoms with van der Waals surface area (Å²) in [5.74, 6) is 0.555. The molecule has 5 nitrogen and oxygen atoms in total. The molecule has 1 aliphatic heterocycles. The summed E-state index contributed by atoms with van der Waals surface area (Å²) in [4.78, 5) is 4.47. The molecule has 0 spiro atoms. The molecule has 1 aromatic heterocycles. The largest absolute Gasteiger partial charge is 0.472 e. The maximum Gasteiger partial charge on any atom is 0.218 e. The molecule has 1 aliphatic rings. The number of rotatable bonds is 5. The van der Waals surface area contributed by atoms with E-state index >= 15 is 0 Å². The Hall–Kier alpha value is -2.44. The molecule has 0 radical (unpaired) electrons. The summed E-state index contributed by atoms with van der Waals surface area (Å²) in [6.07, 6.45) is -0.157. The minimum Gasteiger partial charge on any atom is -0.472 e. The lowest BCUT2D eigenvalue weighted by molar-refractivity contribution is 0.0723. The number of fused-ring (bicyclic) bond motifs is 1. The van der Waals surface area contributed by atoms with Crippen LogP contribution >= 0.6 is 0 Å². The molecule has 0 amide bonds. The van der Waals surface area contributed by atoms with Crippen molar-refractivity contribution in [3.63, 3.8) is 0 Å². The second kappa shape index (κ2) is 6.70. The van der Waals surface area contributed by atoms with Crippen molar-refractivity contribution in [2.45, 2.75) is 18.8 Å². The molecule has 2 heterocycles. The van der Waals surface area contributed by atoms with Gasteiger partial charge in [0.05, 0.1) is 24.4 Å². The van der Waals surface area contributed by atoms with Crippen LogP contribution in [-0.4, -0.2) is 36.9 Å². The van der Waals surface area contributed by atoms with E-state index in [1.165, 1.54) is 4.31 Å². The van der Waals surface area contributed by atoms with Crippen molar-refractivity contribution in [2.75, 3.05) is 13.1 Å². The number of ether oxygens (including phenoxy) is 1. The van der Waals surface area contributed by atoms with Crippen LogP contribution in [0, 0.1) is 6.92 Å². The molecule has 0 saturated carbocycles. The van der Waals surface area contributed by atoms with Crippen LogP contribution in [0.25, 0.3) is 10.9 Å². The zero-order chi connectivity index (χ0) is 18.1. The van der Waals surface area contributed by atoms with Crippen LogP contribution in [0.15, 0.2) is 60.7 Å². The molecule has 0 bridgehead atoms. The van der Waals surface area contributed by atoms with Crippen molar-refractivity contribution < 1.29 is 13.2 Å². The smallest absolute Gasteiger partial charge is 0.218 e. The monoisotopic (exact) mass is 368 g/mol. The number of benzene rings is 2. The lowest BCUT2D eigenvalue weighted by Gasteiger charge is -2.37. The van der Waals surface area contributed by atoms with E-state index < -0.39 is 10.0 Å². The first kappa shape index (κ1) is 17.0. The van der Waals surface area contributed by atoms with E-state index in [9.17, 15) is 8.42 Å². The average Bonchev–Trinajstić information content (AvgIpc) is 2.57. The average molecular weight is 368 g/mol. The maximum absolute atomic E-state index is 12.5. The van der Waals surface area contributed by atoms with Crippen molar-refractivity contribution in [1.29, 1.82) is 0 Å². The molecule has 1 saturated heterocycles. The lowest BCUT2D eigenvalue weighted by atomic mass is 10.2. The number of aromatic nitrogens is 1. The number of para-hydroxylation sites is 1. The van der Waals surface area contributed by atoms with Crippen molar-refractivity contribution in [1.82, 2.24) is 9.29 Å². The molecule has 4 rings (SSSR count). The van der Waals surface area contributed by atoms with Gasteiger partial charge in [0.25, 0.3) is 0 Å². The molecule has 0 atom stereocenters. The van der Waals surface area contributed by atoms with E-state index in [0.29, 0.717) is 19.0 Å². The van der Waals surface area contributed by atoms with Gasteiger partial charge >= 0.3 is 0 Å². The highest BCUT2D eigenvalue weighted by molar-refractivity contribution is 7.88. The predicted octanol–water partition coefficient (Wildman–Crippen LogP) is 3.14. The summed E-state index contributed by atoms with van der Waals surface area (Å²) in [5, 5.41) is 1.05. The molecule has 6 heteroatoms. The van der Waals surface area contributed by atoms with Crippen LogP contribution in [-0.2, 0) is 15.8 Å². The number of sulfonamides is 1. The molecule has 26 heavy (non-hydrogen) atoms. The van der Waals surface area contributed by atoms with Gasteiger partial charge in [-0.15, -0.1) is 0 Å². The highest BCUT2D eigenvalue weighted by Crippen LogP contribution is 2.23. The zero-order valence-electron chi connectivity index (χ0n) is 14.5. The second-order valence-corrected chi connectivity index (χ2v) is 8.61. The molecule has 0 N–H and O–H groups in total. The summed E-state index contributed by atoms with van der Waals surface area (Å²) in [7, 11) is -3.32. The fraction of sp³-hybridized carbons (Fsp3) is 0.250. The first-order chi connectivity index (χ1) is 12.5.